The van der Waals surface area contributed by atoms with Gasteiger partial charge in [-0.1, -0.05) is 0 Å². The second kappa shape index (κ2) is 6.37. The Morgan fingerprint density at radius 3 is 2.50 bits per heavy atom. The first-order valence-corrected chi connectivity index (χ1v) is 4.59. The van der Waals surface area contributed by atoms with E-state index in [1.54, 1.807) is 13.8 Å². The maximum atomic E-state index is 11.2. The summed E-state index contributed by atoms with van der Waals surface area (Å²) in [5, 5.41) is 8.97. The van der Waals surface area contributed by atoms with E-state index in [1.807, 2.05) is 0 Å². The van der Waals surface area contributed by atoms with Crippen molar-refractivity contribution in [2.45, 2.75) is 26.4 Å². The molecule has 1 unspecified atom stereocenters. The first kappa shape index (κ1) is 12.9. The number of ether oxygens (including phenoxy) is 1. The highest BCUT2D eigenvalue weighted by Crippen LogP contribution is 1.95. The molecule has 0 aliphatic carbocycles. The SMILES string of the molecule is CCOC(=O)C(=O)N(C)CCC(C)O. The van der Waals surface area contributed by atoms with E-state index in [9.17, 15) is 9.59 Å². The summed E-state index contributed by atoms with van der Waals surface area (Å²) in [5.41, 5.74) is 0. The molecule has 0 aromatic rings. The van der Waals surface area contributed by atoms with Gasteiger partial charge in [0, 0.05) is 13.6 Å². The molecule has 14 heavy (non-hydrogen) atoms. The fourth-order valence-corrected chi connectivity index (χ4v) is 0.831. The first-order chi connectivity index (χ1) is 6.49. The van der Waals surface area contributed by atoms with Crippen molar-refractivity contribution in [1.29, 1.82) is 0 Å². The van der Waals surface area contributed by atoms with Crippen LogP contribution in [0.5, 0.6) is 0 Å². The summed E-state index contributed by atoms with van der Waals surface area (Å²) < 4.78 is 4.54. The van der Waals surface area contributed by atoms with Gasteiger partial charge in [0.15, 0.2) is 0 Å². The standard InChI is InChI=1S/C9H17NO4/c1-4-14-9(13)8(12)10(3)6-5-7(2)11/h7,11H,4-6H2,1-3H3. The van der Waals surface area contributed by atoms with Gasteiger partial charge in [-0.05, 0) is 20.3 Å². The van der Waals surface area contributed by atoms with Crippen molar-refractivity contribution >= 4 is 11.9 Å². The number of aliphatic hydroxyl groups excluding tert-OH is 1. The minimum absolute atomic E-state index is 0.189. The molecule has 0 rings (SSSR count). The summed E-state index contributed by atoms with van der Waals surface area (Å²) in [6.45, 7) is 3.80. The van der Waals surface area contributed by atoms with E-state index in [4.69, 9.17) is 5.11 Å². The largest absolute Gasteiger partial charge is 0.459 e. The van der Waals surface area contributed by atoms with E-state index in [2.05, 4.69) is 4.74 Å². The van der Waals surface area contributed by atoms with Gasteiger partial charge >= 0.3 is 11.9 Å². The fourth-order valence-electron chi connectivity index (χ4n) is 0.831. The van der Waals surface area contributed by atoms with Crippen molar-refractivity contribution in [3.63, 3.8) is 0 Å². The average molecular weight is 203 g/mol. The lowest BCUT2D eigenvalue weighted by Crippen LogP contribution is -2.36. The van der Waals surface area contributed by atoms with E-state index in [0.29, 0.717) is 13.0 Å². The molecule has 0 bridgehead atoms. The molecule has 82 valence electrons. The normalized spacial score (nSPS) is 12.0. The third-order valence-corrected chi connectivity index (χ3v) is 1.68. The van der Waals surface area contributed by atoms with Gasteiger partial charge in [-0.25, -0.2) is 4.79 Å². The summed E-state index contributed by atoms with van der Waals surface area (Å²) in [6, 6.07) is 0. The van der Waals surface area contributed by atoms with Gasteiger partial charge < -0.3 is 14.7 Å². The number of esters is 1. The molecular formula is C9H17NO4. The molecule has 0 saturated carbocycles. The van der Waals surface area contributed by atoms with Crippen molar-refractivity contribution in [3.05, 3.63) is 0 Å². The van der Waals surface area contributed by atoms with Crippen LogP contribution in [0.3, 0.4) is 0 Å². The lowest BCUT2D eigenvalue weighted by molar-refractivity contribution is -0.159. The second-order valence-electron chi connectivity index (χ2n) is 3.08. The number of likely N-dealkylation sites (N-methyl/N-ethyl adjacent to an activating group) is 1. The van der Waals surface area contributed by atoms with Crippen molar-refractivity contribution in [3.8, 4) is 0 Å². The van der Waals surface area contributed by atoms with Crippen LogP contribution in [0, 0.1) is 0 Å². The van der Waals surface area contributed by atoms with Crippen molar-refractivity contribution < 1.29 is 19.4 Å². The molecule has 1 atom stereocenters. The minimum atomic E-state index is -0.847. The second-order valence-corrected chi connectivity index (χ2v) is 3.08. The quantitative estimate of drug-likeness (QED) is 0.506. The predicted molar refractivity (Wildman–Crippen MR) is 50.6 cm³/mol. The Labute approximate surface area is 83.6 Å². The van der Waals surface area contributed by atoms with Crippen LogP contribution in [0.25, 0.3) is 0 Å². The molecule has 0 saturated heterocycles. The highest BCUT2D eigenvalue weighted by Gasteiger charge is 2.19. The van der Waals surface area contributed by atoms with E-state index in [-0.39, 0.29) is 6.61 Å². The van der Waals surface area contributed by atoms with Gasteiger partial charge in [0.25, 0.3) is 0 Å². The van der Waals surface area contributed by atoms with E-state index < -0.39 is 18.0 Å². The van der Waals surface area contributed by atoms with Crippen LogP contribution in [0.2, 0.25) is 0 Å². The Hall–Kier alpha value is -1.10. The number of rotatable bonds is 4. The molecule has 1 N–H and O–H groups in total. The fraction of sp³-hybridized carbons (Fsp3) is 0.778. The molecule has 1 amide bonds. The molecule has 0 spiro atoms. The number of hydrogen-bond acceptors (Lipinski definition) is 4. The molecule has 5 nitrogen and oxygen atoms in total. The maximum absolute atomic E-state index is 11.2. The molecule has 0 aliphatic rings. The summed E-state index contributed by atoms with van der Waals surface area (Å²) in [5.74, 6) is -1.52. The van der Waals surface area contributed by atoms with Gasteiger partial charge in [-0.2, -0.15) is 0 Å². The Bertz CT molecular complexity index is 203. The van der Waals surface area contributed by atoms with Crippen molar-refractivity contribution in [2.75, 3.05) is 20.2 Å². The summed E-state index contributed by atoms with van der Waals surface area (Å²) >= 11 is 0. The number of carbonyl (C=O) groups excluding carboxylic acids is 2. The van der Waals surface area contributed by atoms with Crippen LogP contribution in [-0.2, 0) is 14.3 Å². The average Bonchev–Trinajstić information content (AvgIpc) is 2.13. The Balaban J connectivity index is 3.92. The van der Waals surface area contributed by atoms with Gasteiger partial charge in [0.05, 0.1) is 12.7 Å². The molecule has 0 heterocycles. The number of aliphatic hydroxyl groups is 1. The van der Waals surface area contributed by atoms with Crippen LogP contribution >= 0.6 is 0 Å². The molecule has 0 fully saturated rings. The van der Waals surface area contributed by atoms with E-state index >= 15 is 0 Å². The van der Waals surface area contributed by atoms with Gasteiger partial charge in [0.1, 0.15) is 0 Å². The van der Waals surface area contributed by atoms with Crippen LogP contribution in [0.1, 0.15) is 20.3 Å². The van der Waals surface area contributed by atoms with Crippen molar-refractivity contribution in [2.24, 2.45) is 0 Å². The zero-order chi connectivity index (χ0) is 11.1. The van der Waals surface area contributed by atoms with Crippen molar-refractivity contribution in [1.82, 2.24) is 4.90 Å². The molecule has 5 heteroatoms. The molecule has 0 aromatic heterocycles. The zero-order valence-corrected chi connectivity index (χ0v) is 8.82. The van der Waals surface area contributed by atoms with E-state index in [1.165, 1.54) is 11.9 Å². The monoisotopic (exact) mass is 203 g/mol. The Morgan fingerprint density at radius 1 is 1.50 bits per heavy atom. The number of amides is 1. The van der Waals surface area contributed by atoms with Gasteiger partial charge in [-0.15, -0.1) is 0 Å². The third kappa shape index (κ3) is 4.81. The predicted octanol–water partition coefficient (Wildman–Crippen LogP) is -0.221. The molecule has 0 aliphatic heterocycles. The topological polar surface area (TPSA) is 66.8 Å². The lowest BCUT2D eigenvalue weighted by atomic mass is 10.3. The smallest absolute Gasteiger partial charge is 0.396 e. The highest BCUT2D eigenvalue weighted by molar-refractivity contribution is 6.32. The number of carbonyl (C=O) groups is 2. The molecule has 0 radical (unpaired) electrons. The summed E-state index contributed by atoms with van der Waals surface area (Å²) in [7, 11) is 1.50. The first-order valence-electron chi connectivity index (χ1n) is 4.59. The van der Waals surface area contributed by atoms with Crippen LogP contribution in [0.4, 0.5) is 0 Å². The lowest BCUT2D eigenvalue weighted by Gasteiger charge is -2.16. The van der Waals surface area contributed by atoms with Gasteiger partial charge in [-0.3, -0.25) is 4.79 Å². The van der Waals surface area contributed by atoms with E-state index in [0.717, 1.165) is 0 Å². The van der Waals surface area contributed by atoms with Crippen LogP contribution in [0.15, 0.2) is 0 Å². The molecular weight excluding hydrogens is 186 g/mol. The molecule has 0 aromatic carbocycles. The number of nitrogens with zero attached hydrogens (tertiary/aromatic N) is 1. The minimum Gasteiger partial charge on any atom is -0.459 e. The maximum Gasteiger partial charge on any atom is 0.396 e. The highest BCUT2D eigenvalue weighted by atomic mass is 16.5. The zero-order valence-electron chi connectivity index (χ0n) is 8.82. The Morgan fingerprint density at radius 2 is 2.07 bits per heavy atom. The summed E-state index contributed by atoms with van der Waals surface area (Å²) in [6.07, 6.45) is -0.0331. The van der Waals surface area contributed by atoms with Crippen LogP contribution in [-0.4, -0.2) is 48.2 Å². The summed E-state index contributed by atoms with van der Waals surface area (Å²) in [4.78, 5) is 23.4. The van der Waals surface area contributed by atoms with Gasteiger partial charge in [0.2, 0.25) is 0 Å². The third-order valence-electron chi connectivity index (χ3n) is 1.68. The van der Waals surface area contributed by atoms with Crippen LogP contribution < -0.4 is 0 Å². The Kier molecular flexibility index (Phi) is 5.87. The number of hydrogen-bond donors (Lipinski definition) is 1.